The van der Waals surface area contributed by atoms with Crippen LogP contribution in [0, 0.1) is 11.3 Å². The highest BCUT2D eigenvalue weighted by atomic mass is 32.2. The molecule has 0 aliphatic carbocycles. The van der Waals surface area contributed by atoms with Crippen molar-refractivity contribution in [3.63, 3.8) is 0 Å². The van der Waals surface area contributed by atoms with Crippen molar-refractivity contribution in [2.24, 2.45) is 0 Å². The van der Waals surface area contributed by atoms with Gasteiger partial charge in [0, 0.05) is 0 Å². The predicted octanol–water partition coefficient (Wildman–Crippen LogP) is 4.82. The van der Waals surface area contributed by atoms with Crippen LogP contribution in [0.3, 0.4) is 0 Å². The smallest absolute Gasteiger partial charge is 0.216 e. The molecular formula is C21H15NO3S. The quantitative estimate of drug-likeness (QED) is 0.611. The van der Waals surface area contributed by atoms with Crippen LogP contribution in [0.1, 0.15) is 5.56 Å². The van der Waals surface area contributed by atoms with Crippen molar-refractivity contribution in [1.82, 2.24) is 0 Å². The molecule has 0 fully saturated rings. The maximum atomic E-state index is 12.6. The molecule has 4 nitrogen and oxygen atoms in total. The van der Waals surface area contributed by atoms with E-state index in [0.29, 0.717) is 17.1 Å². The van der Waals surface area contributed by atoms with E-state index < -0.39 is 9.84 Å². The van der Waals surface area contributed by atoms with Gasteiger partial charge in [-0.2, -0.15) is 5.26 Å². The molecular weight excluding hydrogens is 346 g/mol. The third kappa shape index (κ3) is 4.00. The van der Waals surface area contributed by atoms with Crippen molar-refractivity contribution in [3.05, 3.63) is 95.4 Å². The minimum Gasteiger partial charge on any atom is -0.457 e. The zero-order valence-corrected chi connectivity index (χ0v) is 14.6. The van der Waals surface area contributed by atoms with Gasteiger partial charge in [0.2, 0.25) is 9.84 Å². The molecule has 3 aromatic rings. The zero-order valence-electron chi connectivity index (χ0n) is 13.7. The minimum atomic E-state index is -3.86. The largest absolute Gasteiger partial charge is 0.457 e. The van der Waals surface area contributed by atoms with Gasteiger partial charge in [0.05, 0.1) is 4.90 Å². The average molecular weight is 361 g/mol. The lowest BCUT2D eigenvalue weighted by Crippen LogP contribution is -2.03. The van der Waals surface area contributed by atoms with Gasteiger partial charge in [0.1, 0.15) is 22.5 Å². The van der Waals surface area contributed by atoms with Gasteiger partial charge >= 0.3 is 0 Å². The highest BCUT2D eigenvalue weighted by molar-refractivity contribution is 7.95. The Bertz CT molecular complexity index is 1070. The Morgan fingerprint density at radius 2 is 1.46 bits per heavy atom. The molecule has 0 unspecified atom stereocenters. The molecule has 0 aromatic heterocycles. The fraction of sp³-hybridized carbons (Fsp3) is 0. The van der Waals surface area contributed by atoms with E-state index in [2.05, 4.69) is 0 Å². The fourth-order valence-electron chi connectivity index (χ4n) is 2.34. The number of nitriles is 1. The standard InChI is InChI=1S/C21H15NO3S/c22-16-21(26(23,24)20-12-5-2-6-13-20)15-17-8-7-11-19(14-17)25-18-9-3-1-4-10-18/h1-15H/b21-15-. The molecule has 0 aliphatic rings. The number of nitrogens with zero attached hydrogens (tertiary/aromatic N) is 1. The van der Waals surface area contributed by atoms with Crippen molar-refractivity contribution in [3.8, 4) is 17.6 Å². The van der Waals surface area contributed by atoms with Crippen molar-refractivity contribution >= 4 is 15.9 Å². The summed E-state index contributed by atoms with van der Waals surface area (Å²) in [5, 5.41) is 9.36. The molecule has 0 bridgehead atoms. The summed E-state index contributed by atoms with van der Waals surface area (Å²) in [4.78, 5) is -0.231. The van der Waals surface area contributed by atoms with Gasteiger partial charge in [-0.1, -0.05) is 48.5 Å². The average Bonchev–Trinajstić information content (AvgIpc) is 2.68. The van der Waals surface area contributed by atoms with Gasteiger partial charge in [-0.25, -0.2) is 8.42 Å². The second-order valence-corrected chi connectivity index (χ2v) is 7.34. The van der Waals surface area contributed by atoms with E-state index in [0.717, 1.165) is 0 Å². The van der Waals surface area contributed by atoms with Crippen molar-refractivity contribution in [2.45, 2.75) is 4.90 Å². The van der Waals surface area contributed by atoms with Crippen LogP contribution in [0.15, 0.2) is 94.7 Å². The van der Waals surface area contributed by atoms with E-state index >= 15 is 0 Å². The van der Waals surface area contributed by atoms with Gasteiger partial charge in [0.25, 0.3) is 0 Å². The summed E-state index contributed by atoms with van der Waals surface area (Å²) in [6, 6.07) is 25.9. The number of hydrogen-bond acceptors (Lipinski definition) is 4. The summed E-state index contributed by atoms with van der Waals surface area (Å²) >= 11 is 0. The molecule has 26 heavy (non-hydrogen) atoms. The minimum absolute atomic E-state index is 0.0875. The molecule has 0 amide bonds. The molecule has 0 saturated heterocycles. The van der Waals surface area contributed by atoms with Crippen LogP contribution in [-0.2, 0) is 9.84 Å². The lowest BCUT2D eigenvalue weighted by molar-refractivity contribution is 0.482. The molecule has 0 heterocycles. The summed E-state index contributed by atoms with van der Waals surface area (Å²) in [7, 11) is -3.86. The van der Waals surface area contributed by atoms with E-state index in [1.807, 2.05) is 30.3 Å². The lowest BCUT2D eigenvalue weighted by atomic mass is 10.2. The summed E-state index contributed by atoms with van der Waals surface area (Å²) in [6.07, 6.45) is 1.35. The molecule has 0 N–H and O–H groups in total. The Morgan fingerprint density at radius 3 is 2.12 bits per heavy atom. The molecule has 3 rings (SSSR count). The number of allylic oxidation sites excluding steroid dienone is 1. The van der Waals surface area contributed by atoms with Gasteiger partial charge in [0.15, 0.2) is 0 Å². The molecule has 128 valence electrons. The normalized spacial score (nSPS) is 11.6. The van der Waals surface area contributed by atoms with Gasteiger partial charge in [-0.3, -0.25) is 0 Å². The maximum Gasteiger partial charge on any atom is 0.216 e. The van der Waals surface area contributed by atoms with Crippen LogP contribution >= 0.6 is 0 Å². The van der Waals surface area contributed by atoms with E-state index in [1.165, 1.54) is 18.2 Å². The Kier molecular flexibility index (Phi) is 5.16. The molecule has 0 radical (unpaired) electrons. The summed E-state index contributed by atoms with van der Waals surface area (Å²) in [6.45, 7) is 0. The van der Waals surface area contributed by atoms with Crippen molar-refractivity contribution < 1.29 is 13.2 Å². The highest BCUT2D eigenvalue weighted by Gasteiger charge is 2.20. The molecule has 0 aliphatic heterocycles. The summed E-state index contributed by atoms with van der Waals surface area (Å²) in [5.74, 6) is 1.23. The van der Waals surface area contributed by atoms with E-state index in [1.54, 1.807) is 48.5 Å². The number of rotatable bonds is 5. The Labute approximate surface area is 152 Å². The summed E-state index contributed by atoms with van der Waals surface area (Å²) < 4.78 is 31.0. The second-order valence-electron chi connectivity index (χ2n) is 5.42. The third-order valence-corrected chi connectivity index (χ3v) is 5.27. The molecule has 5 heteroatoms. The first-order valence-corrected chi connectivity index (χ1v) is 9.33. The highest BCUT2D eigenvalue weighted by Crippen LogP contribution is 2.25. The maximum absolute atomic E-state index is 12.6. The van der Waals surface area contributed by atoms with Gasteiger partial charge in [-0.15, -0.1) is 0 Å². The lowest BCUT2D eigenvalue weighted by Gasteiger charge is -2.07. The topological polar surface area (TPSA) is 67.2 Å². The summed E-state index contributed by atoms with van der Waals surface area (Å²) in [5.41, 5.74) is 0.564. The number of para-hydroxylation sites is 1. The van der Waals surface area contributed by atoms with Gasteiger partial charge in [-0.05, 0) is 48.0 Å². The van der Waals surface area contributed by atoms with Crippen molar-refractivity contribution in [1.29, 1.82) is 5.26 Å². The van der Waals surface area contributed by atoms with E-state index in [9.17, 15) is 13.7 Å². The molecule has 0 saturated carbocycles. The van der Waals surface area contributed by atoms with Crippen LogP contribution in [0.2, 0.25) is 0 Å². The first-order chi connectivity index (χ1) is 12.6. The zero-order chi connectivity index (χ0) is 18.4. The second kappa shape index (κ2) is 7.68. The van der Waals surface area contributed by atoms with Crippen molar-refractivity contribution in [2.75, 3.05) is 0 Å². The number of ether oxygens (including phenoxy) is 1. The van der Waals surface area contributed by atoms with Crippen LogP contribution in [0.25, 0.3) is 6.08 Å². The van der Waals surface area contributed by atoms with Gasteiger partial charge < -0.3 is 4.74 Å². The van der Waals surface area contributed by atoms with Crippen LogP contribution in [0.5, 0.6) is 11.5 Å². The number of benzene rings is 3. The SMILES string of the molecule is N#C/C(=C/c1cccc(Oc2ccccc2)c1)S(=O)(=O)c1ccccc1. The van der Waals surface area contributed by atoms with Crippen LogP contribution < -0.4 is 4.74 Å². The first-order valence-electron chi connectivity index (χ1n) is 7.84. The molecule has 3 aromatic carbocycles. The predicted molar refractivity (Wildman–Crippen MR) is 100 cm³/mol. The number of hydrogen-bond donors (Lipinski definition) is 0. The first kappa shape index (κ1) is 17.5. The van der Waals surface area contributed by atoms with E-state index in [4.69, 9.17) is 4.74 Å². The monoisotopic (exact) mass is 361 g/mol. The molecule has 0 spiro atoms. The Hall–Kier alpha value is -3.36. The molecule has 0 atom stereocenters. The van der Waals surface area contributed by atoms with E-state index in [-0.39, 0.29) is 9.80 Å². The van der Waals surface area contributed by atoms with Crippen LogP contribution in [0.4, 0.5) is 0 Å². The Balaban J connectivity index is 1.93. The fourth-order valence-corrected chi connectivity index (χ4v) is 3.52. The number of sulfone groups is 1. The third-order valence-electron chi connectivity index (χ3n) is 3.59. The Morgan fingerprint density at radius 1 is 0.846 bits per heavy atom. The van der Waals surface area contributed by atoms with Crippen LogP contribution in [-0.4, -0.2) is 8.42 Å².